The van der Waals surface area contributed by atoms with Crippen molar-refractivity contribution >= 4 is 12.6 Å². The Balaban J connectivity index is 0.000000604. The van der Waals surface area contributed by atoms with Gasteiger partial charge in [0.05, 0.1) is 19.3 Å². The standard InChI is InChI=1S/C25H34N2O3.C5H10O2/c1-25(2,3)30-24(28)27-15-14-23(20-27)29-17-16-26(18-21-10-6-4-7-11-21)19-22-12-8-5-9-13-22;1-5(2,3)7-4-6/h4-13,23H,14-20H2,1-3H3;4H,1-3H3. The first-order chi connectivity index (χ1) is 17.4. The number of rotatable bonds is 9. The lowest BCUT2D eigenvalue weighted by Gasteiger charge is -2.25. The van der Waals surface area contributed by atoms with Crippen LogP contribution in [-0.4, -0.2) is 65.9 Å². The van der Waals surface area contributed by atoms with Gasteiger partial charge < -0.3 is 19.1 Å². The van der Waals surface area contributed by atoms with Gasteiger partial charge in [-0.25, -0.2) is 4.79 Å². The Morgan fingerprint density at radius 3 is 1.89 bits per heavy atom. The fraction of sp³-hybridized carbons (Fsp3) is 0.533. The third-order valence-corrected chi connectivity index (χ3v) is 5.46. The van der Waals surface area contributed by atoms with Crippen LogP contribution in [0, 0.1) is 0 Å². The predicted molar refractivity (Wildman–Crippen MR) is 146 cm³/mol. The fourth-order valence-electron chi connectivity index (χ4n) is 3.75. The first kappa shape index (κ1) is 30.3. The molecule has 37 heavy (non-hydrogen) atoms. The zero-order valence-corrected chi connectivity index (χ0v) is 23.3. The summed E-state index contributed by atoms with van der Waals surface area (Å²) in [7, 11) is 0. The van der Waals surface area contributed by atoms with Crippen LogP contribution in [0.1, 0.15) is 59.1 Å². The molecule has 1 amide bonds. The van der Waals surface area contributed by atoms with Gasteiger partial charge in [0.25, 0.3) is 6.47 Å². The molecule has 0 aromatic heterocycles. The molecule has 0 bridgehead atoms. The number of carbonyl (C=O) groups excluding carboxylic acids is 2. The van der Waals surface area contributed by atoms with Crippen LogP contribution in [0.15, 0.2) is 60.7 Å². The third-order valence-electron chi connectivity index (χ3n) is 5.46. The molecule has 1 aliphatic heterocycles. The number of likely N-dealkylation sites (tertiary alicyclic amines) is 1. The average molecular weight is 513 g/mol. The second-order valence-electron chi connectivity index (χ2n) is 11.2. The van der Waals surface area contributed by atoms with Crippen molar-refractivity contribution in [3.05, 3.63) is 71.8 Å². The van der Waals surface area contributed by atoms with Crippen molar-refractivity contribution in [1.29, 1.82) is 0 Å². The molecule has 0 N–H and O–H groups in total. The zero-order chi connectivity index (χ0) is 27.3. The Labute approximate surface area is 222 Å². The number of benzene rings is 2. The van der Waals surface area contributed by atoms with E-state index in [4.69, 9.17) is 9.47 Å². The quantitative estimate of drug-likeness (QED) is 0.403. The topological polar surface area (TPSA) is 68.3 Å². The molecule has 1 unspecified atom stereocenters. The molecule has 1 aliphatic rings. The second kappa shape index (κ2) is 14.7. The summed E-state index contributed by atoms with van der Waals surface area (Å²) in [5, 5.41) is 0. The van der Waals surface area contributed by atoms with Gasteiger partial charge in [-0.15, -0.1) is 0 Å². The van der Waals surface area contributed by atoms with Crippen molar-refractivity contribution in [3.8, 4) is 0 Å². The first-order valence-corrected chi connectivity index (χ1v) is 13.0. The number of nitrogens with zero attached hydrogens (tertiary/aromatic N) is 2. The van der Waals surface area contributed by atoms with Crippen LogP contribution in [0.3, 0.4) is 0 Å². The Morgan fingerprint density at radius 2 is 1.46 bits per heavy atom. The monoisotopic (exact) mass is 512 g/mol. The molecule has 7 heteroatoms. The molecular weight excluding hydrogens is 468 g/mol. The van der Waals surface area contributed by atoms with E-state index in [1.807, 2.05) is 53.7 Å². The lowest BCUT2D eigenvalue weighted by molar-refractivity contribution is -0.138. The normalized spacial score (nSPS) is 15.6. The highest BCUT2D eigenvalue weighted by Gasteiger charge is 2.30. The minimum atomic E-state index is -0.467. The van der Waals surface area contributed by atoms with Crippen LogP contribution < -0.4 is 0 Å². The van der Waals surface area contributed by atoms with Gasteiger partial charge in [0, 0.05) is 26.2 Å². The van der Waals surface area contributed by atoms with Gasteiger partial charge in [-0.3, -0.25) is 9.69 Å². The van der Waals surface area contributed by atoms with Crippen LogP contribution >= 0.6 is 0 Å². The van der Waals surface area contributed by atoms with E-state index in [2.05, 4.69) is 58.2 Å². The minimum absolute atomic E-state index is 0.0767. The molecule has 2 aromatic rings. The van der Waals surface area contributed by atoms with E-state index in [1.54, 1.807) is 4.90 Å². The van der Waals surface area contributed by atoms with Gasteiger partial charge in [0.15, 0.2) is 0 Å². The van der Waals surface area contributed by atoms with Crippen molar-refractivity contribution in [3.63, 3.8) is 0 Å². The molecule has 1 fully saturated rings. The Morgan fingerprint density at radius 1 is 0.919 bits per heavy atom. The van der Waals surface area contributed by atoms with Gasteiger partial charge in [-0.1, -0.05) is 60.7 Å². The Bertz CT molecular complexity index is 881. The van der Waals surface area contributed by atoms with E-state index in [9.17, 15) is 9.59 Å². The highest BCUT2D eigenvalue weighted by Crippen LogP contribution is 2.18. The molecule has 1 atom stereocenters. The molecule has 0 radical (unpaired) electrons. The SMILES string of the molecule is CC(C)(C)OC(=O)N1CCC(OCCN(Cc2ccccc2)Cc2ccccc2)C1.CC(C)(C)OC=O. The van der Waals surface area contributed by atoms with E-state index in [1.165, 1.54) is 11.1 Å². The average Bonchev–Trinajstić information content (AvgIpc) is 3.28. The molecule has 7 nitrogen and oxygen atoms in total. The number of ether oxygens (including phenoxy) is 3. The molecule has 0 aliphatic carbocycles. The second-order valence-corrected chi connectivity index (χ2v) is 11.2. The van der Waals surface area contributed by atoms with Gasteiger partial charge in [0.1, 0.15) is 11.2 Å². The van der Waals surface area contributed by atoms with Gasteiger partial charge in [0.2, 0.25) is 0 Å². The van der Waals surface area contributed by atoms with Gasteiger partial charge >= 0.3 is 6.09 Å². The molecule has 1 saturated heterocycles. The summed E-state index contributed by atoms with van der Waals surface area (Å²) in [6, 6.07) is 21.1. The van der Waals surface area contributed by atoms with E-state index in [0.717, 1.165) is 26.1 Å². The highest BCUT2D eigenvalue weighted by molar-refractivity contribution is 5.68. The summed E-state index contributed by atoms with van der Waals surface area (Å²) in [6.45, 7) is 16.1. The molecule has 3 rings (SSSR count). The minimum Gasteiger partial charge on any atom is -0.462 e. The summed E-state index contributed by atoms with van der Waals surface area (Å²) >= 11 is 0. The van der Waals surface area contributed by atoms with Crippen LogP contribution in [0.4, 0.5) is 4.79 Å². The Kier molecular flexibility index (Phi) is 12.1. The molecule has 1 heterocycles. The summed E-state index contributed by atoms with van der Waals surface area (Å²) in [5.41, 5.74) is 1.81. The van der Waals surface area contributed by atoms with Crippen LogP contribution in [0.25, 0.3) is 0 Å². The van der Waals surface area contributed by atoms with E-state index < -0.39 is 5.60 Å². The summed E-state index contributed by atoms with van der Waals surface area (Å²) in [4.78, 5) is 26.0. The fourth-order valence-corrected chi connectivity index (χ4v) is 3.75. The molecule has 0 spiro atoms. The maximum atomic E-state index is 12.2. The summed E-state index contributed by atoms with van der Waals surface area (Å²) < 4.78 is 16.1. The molecule has 2 aromatic carbocycles. The smallest absolute Gasteiger partial charge is 0.410 e. The largest absolute Gasteiger partial charge is 0.462 e. The lowest BCUT2D eigenvalue weighted by Crippen LogP contribution is -2.36. The Hall–Kier alpha value is -2.90. The van der Waals surface area contributed by atoms with Crippen LogP contribution in [-0.2, 0) is 32.1 Å². The predicted octanol–water partition coefficient (Wildman–Crippen LogP) is 5.67. The van der Waals surface area contributed by atoms with Crippen molar-refractivity contribution in [2.45, 2.75) is 78.4 Å². The number of hydrogen-bond acceptors (Lipinski definition) is 6. The summed E-state index contributed by atoms with van der Waals surface area (Å²) in [6.07, 6.45) is 0.688. The number of amides is 1. The van der Waals surface area contributed by atoms with Crippen molar-refractivity contribution in [2.75, 3.05) is 26.2 Å². The molecule has 0 saturated carbocycles. The zero-order valence-electron chi connectivity index (χ0n) is 23.3. The maximum Gasteiger partial charge on any atom is 0.410 e. The first-order valence-electron chi connectivity index (χ1n) is 13.0. The van der Waals surface area contributed by atoms with Crippen molar-refractivity contribution in [2.24, 2.45) is 0 Å². The number of carbonyl (C=O) groups is 2. The van der Waals surface area contributed by atoms with Gasteiger partial charge in [-0.05, 0) is 59.1 Å². The highest BCUT2D eigenvalue weighted by atomic mass is 16.6. The van der Waals surface area contributed by atoms with Crippen LogP contribution in [0.2, 0.25) is 0 Å². The van der Waals surface area contributed by atoms with E-state index in [-0.39, 0.29) is 17.8 Å². The third kappa shape index (κ3) is 13.3. The molecular formula is C30H44N2O5. The molecule has 204 valence electrons. The number of hydrogen-bond donors (Lipinski definition) is 0. The maximum absolute atomic E-state index is 12.2. The lowest BCUT2D eigenvalue weighted by atomic mass is 10.1. The summed E-state index contributed by atoms with van der Waals surface area (Å²) in [5.74, 6) is 0. The van der Waals surface area contributed by atoms with Crippen molar-refractivity contribution in [1.82, 2.24) is 9.80 Å². The van der Waals surface area contributed by atoms with E-state index in [0.29, 0.717) is 26.2 Å². The van der Waals surface area contributed by atoms with Gasteiger partial charge in [-0.2, -0.15) is 0 Å². The van der Waals surface area contributed by atoms with E-state index >= 15 is 0 Å². The van der Waals surface area contributed by atoms with Crippen LogP contribution in [0.5, 0.6) is 0 Å². The van der Waals surface area contributed by atoms with Crippen molar-refractivity contribution < 1.29 is 23.8 Å².